The van der Waals surface area contributed by atoms with Gasteiger partial charge < -0.3 is 0 Å². The van der Waals surface area contributed by atoms with Gasteiger partial charge in [0.2, 0.25) is 10.0 Å². The molecule has 0 aliphatic heterocycles. The molecule has 0 amide bonds. The van der Waals surface area contributed by atoms with Gasteiger partial charge in [-0.05, 0) is 31.2 Å². The molecule has 8 heteroatoms. The number of Topliss-reactive ketones (excluding diaryl/α,β-unsaturated/α-hetero) is 1. The maximum absolute atomic E-state index is 12.0. The Kier molecular flexibility index (Phi) is 5.38. The maximum Gasteiger partial charge on any atom is 0.244 e. The van der Waals surface area contributed by atoms with Crippen LogP contribution in [0.15, 0.2) is 40.4 Å². The number of sulfonamides is 1. The molecule has 0 atom stereocenters. The first kappa shape index (κ1) is 17.1. The van der Waals surface area contributed by atoms with Gasteiger partial charge >= 0.3 is 0 Å². The Hall–Kier alpha value is -1.22. The summed E-state index contributed by atoms with van der Waals surface area (Å²) in [5.41, 5.74) is 0. The summed E-state index contributed by atoms with van der Waals surface area (Å²) in [5.74, 6) is 0.335. The number of hydrogen-bond acceptors (Lipinski definition) is 6. The Morgan fingerprint density at radius 3 is 2.50 bits per heavy atom. The van der Waals surface area contributed by atoms with Gasteiger partial charge in [0.25, 0.3) is 0 Å². The highest BCUT2D eigenvalue weighted by Gasteiger charge is 2.17. The topological polar surface area (TPSA) is 67.3 Å². The molecule has 0 radical (unpaired) electrons. The third-order valence-corrected chi connectivity index (χ3v) is 6.64. The fourth-order valence-electron chi connectivity index (χ4n) is 1.61. The lowest BCUT2D eigenvalue weighted by atomic mass is 10.3. The van der Waals surface area contributed by atoms with Gasteiger partial charge in [-0.25, -0.2) is 17.7 Å². The van der Waals surface area contributed by atoms with Crippen molar-refractivity contribution in [3.8, 4) is 0 Å². The Labute approximate surface area is 138 Å². The molecule has 2 aromatic rings. The average molecular weight is 356 g/mol. The summed E-state index contributed by atoms with van der Waals surface area (Å²) in [6.07, 6.45) is 1.32. The van der Waals surface area contributed by atoms with Crippen molar-refractivity contribution in [3.05, 3.63) is 40.2 Å². The normalized spacial score (nSPS) is 11.8. The van der Waals surface area contributed by atoms with Crippen LogP contribution >= 0.6 is 23.1 Å². The molecular weight excluding hydrogens is 340 g/mol. The fraction of sp³-hybridized carbons (Fsp3) is 0.286. The predicted molar refractivity (Wildman–Crippen MR) is 89.2 cm³/mol. The molecular formula is C14H16N2O3S3. The average Bonchev–Trinajstić information content (AvgIpc) is 2.91. The summed E-state index contributed by atoms with van der Waals surface area (Å²) in [5, 5.41) is 0.624. The number of carbonyl (C=O) groups excluding carboxylic acids is 1. The lowest BCUT2D eigenvalue weighted by Gasteiger charge is -2.10. The van der Waals surface area contributed by atoms with Gasteiger partial charge in [-0.2, -0.15) is 0 Å². The molecule has 0 saturated carbocycles. The Morgan fingerprint density at radius 2 is 2.00 bits per heavy atom. The predicted octanol–water partition coefficient (Wildman–Crippen LogP) is 2.68. The lowest BCUT2D eigenvalue weighted by molar-refractivity contribution is 0.102. The van der Waals surface area contributed by atoms with E-state index in [4.69, 9.17) is 0 Å². The van der Waals surface area contributed by atoms with E-state index in [9.17, 15) is 13.2 Å². The zero-order valence-electron chi connectivity index (χ0n) is 12.4. The van der Waals surface area contributed by atoms with Crippen molar-refractivity contribution in [2.45, 2.75) is 16.8 Å². The second-order valence-electron chi connectivity index (χ2n) is 4.74. The summed E-state index contributed by atoms with van der Waals surface area (Å²) < 4.78 is 25.0. The van der Waals surface area contributed by atoms with Crippen molar-refractivity contribution < 1.29 is 13.2 Å². The van der Waals surface area contributed by atoms with E-state index in [1.807, 2.05) is 19.1 Å². The first-order chi connectivity index (χ1) is 10.3. The number of ketones is 1. The van der Waals surface area contributed by atoms with Crippen molar-refractivity contribution >= 4 is 38.9 Å². The van der Waals surface area contributed by atoms with Crippen LogP contribution in [0.3, 0.4) is 0 Å². The van der Waals surface area contributed by atoms with Gasteiger partial charge in [0.05, 0.1) is 15.7 Å². The monoisotopic (exact) mass is 356 g/mol. The van der Waals surface area contributed by atoms with Gasteiger partial charge in [0, 0.05) is 25.2 Å². The lowest BCUT2D eigenvalue weighted by Crippen LogP contribution is -2.22. The number of carbonyl (C=O) groups is 1. The fourth-order valence-corrected chi connectivity index (χ4v) is 4.08. The zero-order valence-corrected chi connectivity index (χ0v) is 14.9. The van der Waals surface area contributed by atoms with E-state index in [1.54, 1.807) is 6.07 Å². The van der Waals surface area contributed by atoms with E-state index in [2.05, 4.69) is 4.98 Å². The molecule has 0 saturated heterocycles. The smallest absolute Gasteiger partial charge is 0.244 e. The first-order valence-electron chi connectivity index (χ1n) is 6.42. The molecule has 0 bridgehead atoms. The van der Waals surface area contributed by atoms with E-state index in [0.29, 0.717) is 5.03 Å². The quantitative estimate of drug-likeness (QED) is 0.588. The van der Waals surface area contributed by atoms with Crippen LogP contribution in [0.5, 0.6) is 0 Å². The van der Waals surface area contributed by atoms with E-state index in [1.165, 1.54) is 49.5 Å². The molecule has 118 valence electrons. The van der Waals surface area contributed by atoms with Crippen molar-refractivity contribution in [1.82, 2.24) is 9.29 Å². The van der Waals surface area contributed by atoms with Crippen LogP contribution in [0.4, 0.5) is 0 Å². The maximum atomic E-state index is 12.0. The number of aryl methyl sites for hydroxylation is 1. The van der Waals surface area contributed by atoms with Crippen LogP contribution in [0.2, 0.25) is 0 Å². The Bertz CT molecular complexity index is 765. The zero-order chi connectivity index (χ0) is 16.3. The molecule has 2 aromatic heterocycles. The Morgan fingerprint density at radius 1 is 1.27 bits per heavy atom. The van der Waals surface area contributed by atoms with Gasteiger partial charge in [0.15, 0.2) is 5.78 Å². The Balaban J connectivity index is 2.02. The van der Waals surface area contributed by atoms with Crippen LogP contribution in [0, 0.1) is 6.92 Å². The number of aromatic nitrogens is 1. The van der Waals surface area contributed by atoms with E-state index >= 15 is 0 Å². The summed E-state index contributed by atoms with van der Waals surface area (Å²) in [7, 11) is -0.525. The van der Waals surface area contributed by atoms with Crippen LogP contribution in [0.25, 0.3) is 0 Å². The van der Waals surface area contributed by atoms with Crippen molar-refractivity contribution in [2.24, 2.45) is 0 Å². The standard InChI is InChI=1S/C14H16N2O3S3/c1-10-4-6-13(21-10)12(17)9-20-14-7-5-11(8-15-14)22(18,19)16(2)3/h4-8H,9H2,1-3H3. The molecule has 2 rings (SSSR count). The molecule has 0 fully saturated rings. The molecule has 22 heavy (non-hydrogen) atoms. The van der Waals surface area contributed by atoms with E-state index in [-0.39, 0.29) is 16.4 Å². The van der Waals surface area contributed by atoms with Crippen LogP contribution in [-0.2, 0) is 10.0 Å². The summed E-state index contributed by atoms with van der Waals surface area (Å²) in [4.78, 5) is 18.1. The molecule has 0 N–H and O–H groups in total. The SMILES string of the molecule is Cc1ccc(C(=O)CSc2ccc(S(=O)(=O)N(C)C)cn2)s1. The number of thiophene rings is 1. The minimum atomic E-state index is -3.47. The highest BCUT2D eigenvalue weighted by atomic mass is 32.2. The molecule has 0 aliphatic carbocycles. The second-order valence-corrected chi connectivity index (χ2v) is 9.18. The summed E-state index contributed by atoms with van der Waals surface area (Å²) in [6, 6.07) is 6.86. The van der Waals surface area contributed by atoms with Gasteiger partial charge in [-0.15, -0.1) is 11.3 Å². The van der Waals surface area contributed by atoms with E-state index in [0.717, 1.165) is 14.1 Å². The molecule has 0 spiro atoms. The van der Waals surface area contributed by atoms with Gasteiger partial charge in [-0.1, -0.05) is 11.8 Å². The summed E-state index contributed by atoms with van der Waals surface area (Å²) >= 11 is 2.77. The second kappa shape index (κ2) is 6.91. The number of nitrogens with zero attached hydrogens (tertiary/aromatic N) is 2. The van der Waals surface area contributed by atoms with Crippen molar-refractivity contribution in [3.63, 3.8) is 0 Å². The number of rotatable bonds is 6. The van der Waals surface area contributed by atoms with Gasteiger partial charge in [-0.3, -0.25) is 4.79 Å². The molecule has 0 aromatic carbocycles. The van der Waals surface area contributed by atoms with E-state index < -0.39 is 10.0 Å². The molecule has 5 nitrogen and oxygen atoms in total. The number of thioether (sulfide) groups is 1. The number of pyridine rings is 1. The van der Waals surface area contributed by atoms with Gasteiger partial charge in [0.1, 0.15) is 4.90 Å². The molecule has 0 aliphatic rings. The first-order valence-corrected chi connectivity index (χ1v) is 9.66. The number of hydrogen-bond donors (Lipinski definition) is 0. The molecule has 2 heterocycles. The minimum Gasteiger partial charge on any atom is -0.292 e. The third-order valence-electron chi connectivity index (χ3n) is 2.85. The summed E-state index contributed by atoms with van der Waals surface area (Å²) in [6.45, 7) is 1.96. The molecule has 0 unspecified atom stereocenters. The van der Waals surface area contributed by atoms with Crippen LogP contribution in [0.1, 0.15) is 14.5 Å². The van der Waals surface area contributed by atoms with Crippen LogP contribution in [-0.4, -0.2) is 43.3 Å². The van der Waals surface area contributed by atoms with Crippen molar-refractivity contribution in [2.75, 3.05) is 19.8 Å². The third kappa shape index (κ3) is 3.95. The highest BCUT2D eigenvalue weighted by Crippen LogP contribution is 2.22. The highest BCUT2D eigenvalue weighted by molar-refractivity contribution is 8.00. The van der Waals surface area contributed by atoms with Crippen LogP contribution < -0.4 is 0 Å². The van der Waals surface area contributed by atoms with Crippen molar-refractivity contribution in [1.29, 1.82) is 0 Å². The largest absolute Gasteiger partial charge is 0.292 e. The minimum absolute atomic E-state index is 0.0508.